The Morgan fingerprint density at radius 1 is 1.35 bits per heavy atom. The molecular weight excluding hydrogens is 252 g/mol. The lowest BCUT2D eigenvalue weighted by Crippen LogP contribution is -2.36. The molecule has 1 N–H and O–H groups in total. The van der Waals surface area contributed by atoms with Crippen LogP contribution in [0.3, 0.4) is 0 Å². The molecule has 1 aliphatic heterocycles. The molecular formula is C16H20N2O2. The van der Waals surface area contributed by atoms with Gasteiger partial charge in [0.2, 0.25) is 0 Å². The Balaban J connectivity index is 1.65. The lowest BCUT2D eigenvalue weighted by molar-refractivity contribution is 0.110. The predicted molar refractivity (Wildman–Crippen MR) is 77.0 cm³/mol. The number of piperidine rings is 1. The minimum absolute atomic E-state index is 0.287. The summed E-state index contributed by atoms with van der Waals surface area (Å²) in [5, 5.41) is 9.27. The molecule has 3 rings (SSSR count). The van der Waals surface area contributed by atoms with Gasteiger partial charge in [-0.3, -0.25) is 9.88 Å². The number of furan rings is 1. The number of hydrogen-bond acceptors (Lipinski definition) is 4. The topological polar surface area (TPSA) is 49.5 Å². The van der Waals surface area contributed by atoms with Crippen LogP contribution in [0.15, 0.2) is 41.1 Å². The first-order chi connectivity index (χ1) is 9.85. The van der Waals surface area contributed by atoms with Crippen LogP contribution in [-0.2, 0) is 6.54 Å². The molecule has 1 fully saturated rings. The Kier molecular flexibility index (Phi) is 4.14. The fourth-order valence-corrected chi connectivity index (χ4v) is 2.79. The normalized spacial score (nSPS) is 20.1. The molecule has 1 unspecified atom stereocenters. The first kappa shape index (κ1) is 13.3. The van der Waals surface area contributed by atoms with Crippen molar-refractivity contribution >= 4 is 0 Å². The number of hydrogen-bond donors (Lipinski definition) is 1. The van der Waals surface area contributed by atoms with Crippen molar-refractivity contribution in [2.24, 2.45) is 5.92 Å². The van der Waals surface area contributed by atoms with E-state index in [0.717, 1.165) is 49.6 Å². The van der Waals surface area contributed by atoms with E-state index in [2.05, 4.69) is 9.88 Å². The fourth-order valence-electron chi connectivity index (χ4n) is 2.79. The number of nitrogens with zero attached hydrogens (tertiary/aromatic N) is 2. The molecule has 0 aromatic carbocycles. The molecule has 3 heterocycles. The van der Waals surface area contributed by atoms with E-state index >= 15 is 0 Å². The number of rotatable bonds is 4. The SMILES string of the molecule is OCC1CCCN(Cc2ccc(-c3cccnc3)o2)C1. The Labute approximate surface area is 119 Å². The second kappa shape index (κ2) is 6.20. The van der Waals surface area contributed by atoms with Gasteiger partial charge in [0.05, 0.1) is 6.54 Å². The minimum atomic E-state index is 0.287. The van der Waals surface area contributed by atoms with Crippen molar-refractivity contribution in [1.29, 1.82) is 0 Å². The summed E-state index contributed by atoms with van der Waals surface area (Å²) >= 11 is 0. The van der Waals surface area contributed by atoms with Crippen molar-refractivity contribution in [2.45, 2.75) is 19.4 Å². The van der Waals surface area contributed by atoms with Gasteiger partial charge >= 0.3 is 0 Å². The molecule has 20 heavy (non-hydrogen) atoms. The van der Waals surface area contributed by atoms with Gasteiger partial charge in [-0.2, -0.15) is 0 Å². The highest BCUT2D eigenvalue weighted by Crippen LogP contribution is 2.23. The van der Waals surface area contributed by atoms with Gasteiger partial charge in [-0.05, 0) is 49.6 Å². The maximum Gasteiger partial charge on any atom is 0.135 e. The third-order valence-electron chi connectivity index (χ3n) is 3.85. The highest BCUT2D eigenvalue weighted by Gasteiger charge is 2.20. The van der Waals surface area contributed by atoms with Crippen molar-refractivity contribution in [3.63, 3.8) is 0 Å². The second-order valence-corrected chi connectivity index (χ2v) is 5.43. The Bertz CT molecular complexity index is 538. The molecule has 0 radical (unpaired) electrons. The van der Waals surface area contributed by atoms with Crippen LogP contribution in [0.1, 0.15) is 18.6 Å². The van der Waals surface area contributed by atoms with Gasteiger partial charge < -0.3 is 9.52 Å². The highest BCUT2D eigenvalue weighted by atomic mass is 16.3. The van der Waals surface area contributed by atoms with Gasteiger partial charge in [-0.25, -0.2) is 0 Å². The van der Waals surface area contributed by atoms with Crippen LogP contribution in [0.5, 0.6) is 0 Å². The van der Waals surface area contributed by atoms with E-state index in [1.54, 1.807) is 6.20 Å². The number of pyridine rings is 1. The third kappa shape index (κ3) is 3.08. The summed E-state index contributed by atoms with van der Waals surface area (Å²) in [6.07, 6.45) is 5.86. The second-order valence-electron chi connectivity index (χ2n) is 5.43. The molecule has 0 aliphatic carbocycles. The molecule has 2 aromatic heterocycles. The molecule has 0 saturated carbocycles. The summed E-state index contributed by atoms with van der Waals surface area (Å²) in [6, 6.07) is 7.94. The molecule has 0 spiro atoms. The van der Waals surface area contributed by atoms with Gasteiger partial charge in [-0.1, -0.05) is 0 Å². The van der Waals surface area contributed by atoms with Crippen molar-refractivity contribution in [1.82, 2.24) is 9.88 Å². The smallest absolute Gasteiger partial charge is 0.135 e. The van der Waals surface area contributed by atoms with Crippen LogP contribution in [0.4, 0.5) is 0 Å². The average Bonchev–Trinajstić information content (AvgIpc) is 2.97. The third-order valence-corrected chi connectivity index (χ3v) is 3.85. The Hall–Kier alpha value is -1.65. The van der Waals surface area contributed by atoms with Crippen molar-refractivity contribution in [3.05, 3.63) is 42.4 Å². The van der Waals surface area contributed by atoms with Crippen LogP contribution in [0, 0.1) is 5.92 Å². The summed E-state index contributed by atoms with van der Waals surface area (Å²) in [4.78, 5) is 6.47. The quantitative estimate of drug-likeness (QED) is 0.929. The lowest BCUT2D eigenvalue weighted by atomic mass is 9.99. The van der Waals surface area contributed by atoms with E-state index in [1.165, 1.54) is 0 Å². The minimum Gasteiger partial charge on any atom is -0.460 e. The van der Waals surface area contributed by atoms with Crippen molar-refractivity contribution < 1.29 is 9.52 Å². The summed E-state index contributed by atoms with van der Waals surface area (Å²) in [5.41, 5.74) is 1.01. The summed E-state index contributed by atoms with van der Waals surface area (Å²) < 4.78 is 5.90. The van der Waals surface area contributed by atoms with Crippen LogP contribution in [0.25, 0.3) is 11.3 Å². The molecule has 2 aromatic rings. The largest absolute Gasteiger partial charge is 0.460 e. The standard InChI is InChI=1S/C16H20N2O2/c19-12-13-3-2-8-18(10-13)11-15-5-6-16(20-15)14-4-1-7-17-9-14/h1,4-7,9,13,19H,2-3,8,10-12H2. The number of aliphatic hydroxyl groups is 1. The first-order valence-corrected chi connectivity index (χ1v) is 7.17. The maximum atomic E-state index is 9.27. The molecule has 0 bridgehead atoms. The molecule has 1 saturated heterocycles. The first-order valence-electron chi connectivity index (χ1n) is 7.17. The Morgan fingerprint density at radius 3 is 3.10 bits per heavy atom. The fraction of sp³-hybridized carbons (Fsp3) is 0.438. The monoisotopic (exact) mass is 272 g/mol. The molecule has 0 amide bonds. The van der Waals surface area contributed by atoms with E-state index in [1.807, 2.05) is 30.5 Å². The zero-order valence-corrected chi connectivity index (χ0v) is 11.5. The van der Waals surface area contributed by atoms with Crippen molar-refractivity contribution in [3.8, 4) is 11.3 Å². The average molecular weight is 272 g/mol. The highest BCUT2D eigenvalue weighted by molar-refractivity contribution is 5.55. The van der Waals surface area contributed by atoms with Gasteiger partial charge in [-0.15, -0.1) is 0 Å². The van der Waals surface area contributed by atoms with Crippen LogP contribution in [-0.4, -0.2) is 34.7 Å². The van der Waals surface area contributed by atoms with Gasteiger partial charge in [0.1, 0.15) is 11.5 Å². The maximum absolute atomic E-state index is 9.27. The zero-order valence-electron chi connectivity index (χ0n) is 11.5. The van der Waals surface area contributed by atoms with E-state index < -0.39 is 0 Å². The van der Waals surface area contributed by atoms with E-state index in [4.69, 9.17) is 4.42 Å². The summed E-state index contributed by atoms with van der Waals surface area (Å²) in [5.74, 6) is 2.25. The van der Waals surface area contributed by atoms with Gasteiger partial charge in [0.25, 0.3) is 0 Å². The predicted octanol–water partition coefficient (Wildman–Crippen LogP) is 2.55. The van der Waals surface area contributed by atoms with Crippen LogP contribution in [0.2, 0.25) is 0 Å². The summed E-state index contributed by atoms with van der Waals surface area (Å²) in [7, 11) is 0. The van der Waals surface area contributed by atoms with Gasteiger partial charge in [0, 0.05) is 31.1 Å². The Morgan fingerprint density at radius 2 is 2.30 bits per heavy atom. The van der Waals surface area contributed by atoms with E-state index in [9.17, 15) is 5.11 Å². The lowest BCUT2D eigenvalue weighted by Gasteiger charge is -2.30. The molecule has 4 nitrogen and oxygen atoms in total. The summed E-state index contributed by atoms with van der Waals surface area (Å²) in [6.45, 7) is 3.14. The molecule has 4 heteroatoms. The molecule has 1 atom stereocenters. The van der Waals surface area contributed by atoms with E-state index in [-0.39, 0.29) is 6.61 Å². The van der Waals surface area contributed by atoms with Crippen LogP contribution < -0.4 is 0 Å². The number of likely N-dealkylation sites (tertiary alicyclic amines) is 1. The van der Waals surface area contributed by atoms with E-state index in [0.29, 0.717) is 5.92 Å². The number of aliphatic hydroxyl groups excluding tert-OH is 1. The molecule has 106 valence electrons. The van der Waals surface area contributed by atoms with Crippen LogP contribution >= 0.6 is 0 Å². The molecule has 1 aliphatic rings. The van der Waals surface area contributed by atoms with Gasteiger partial charge in [0.15, 0.2) is 0 Å². The zero-order chi connectivity index (χ0) is 13.8. The number of aromatic nitrogens is 1. The van der Waals surface area contributed by atoms with Crippen molar-refractivity contribution in [2.75, 3.05) is 19.7 Å².